The molecule has 4 heterocycles. The number of alkyl halides is 2. The standard InChI is InChI=1S/C29H29F2N6O7PS/c1-15(38)36-9-8-20-4-6-23(26(39)33-19-3-5-21-17(11-19)13-32-35-21)37(20)28(41)22(14-36)34-27(40)25-12-16-10-18(2-7-24(16)46-25)29(30,31)45(42,43)44/h2-3,5,7,10-13,20,22-23H,4,6,8-9,14H2,1H3,(H,32,35)(H,33,39)(H,34,40)(H2,42,43,44)/t20-,22+,23+/m1/s1. The lowest BCUT2D eigenvalue weighted by atomic mass is 10.1. The Bertz CT molecular complexity index is 1930. The number of aromatic nitrogens is 2. The largest absolute Gasteiger partial charge is 0.399 e. The van der Waals surface area contributed by atoms with E-state index in [-0.39, 0.29) is 34.7 Å². The third-order valence-corrected chi connectivity index (χ3v) is 10.5. The molecule has 4 aromatic rings. The summed E-state index contributed by atoms with van der Waals surface area (Å²) in [7, 11) is -5.80. The first kappa shape index (κ1) is 31.7. The number of halogens is 2. The maximum atomic E-state index is 14.3. The number of amides is 4. The molecule has 17 heteroatoms. The molecule has 2 aliphatic rings. The molecule has 0 saturated carbocycles. The summed E-state index contributed by atoms with van der Waals surface area (Å²) in [5.74, 6) is -1.92. The van der Waals surface area contributed by atoms with Crippen LogP contribution in [0.25, 0.3) is 21.0 Å². The number of benzene rings is 2. The van der Waals surface area contributed by atoms with E-state index in [0.717, 1.165) is 34.4 Å². The lowest BCUT2D eigenvalue weighted by molar-refractivity contribution is -0.143. The minimum absolute atomic E-state index is 0.0535. The Labute approximate surface area is 264 Å². The van der Waals surface area contributed by atoms with E-state index >= 15 is 0 Å². The van der Waals surface area contributed by atoms with Gasteiger partial charge >= 0.3 is 13.3 Å². The summed E-state index contributed by atoms with van der Waals surface area (Å²) in [4.78, 5) is 74.6. The van der Waals surface area contributed by atoms with E-state index < -0.39 is 42.7 Å². The summed E-state index contributed by atoms with van der Waals surface area (Å²) in [6.45, 7) is 1.53. The van der Waals surface area contributed by atoms with Gasteiger partial charge in [-0.05, 0) is 61.0 Å². The molecule has 2 aromatic carbocycles. The molecule has 0 unspecified atom stereocenters. The number of thiophene rings is 1. The van der Waals surface area contributed by atoms with Crippen LogP contribution in [0.1, 0.15) is 41.4 Å². The Balaban J connectivity index is 1.24. The molecule has 242 valence electrons. The van der Waals surface area contributed by atoms with Gasteiger partial charge in [-0.15, -0.1) is 11.3 Å². The van der Waals surface area contributed by atoms with Crippen LogP contribution < -0.4 is 10.6 Å². The summed E-state index contributed by atoms with van der Waals surface area (Å²) in [5, 5.41) is 13.3. The second kappa shape index (κ2) is 11.8. The summed E-state index contributed by atoms with van der Waals surface area (Å²) < 4.78 is 40.3. The molecule has 4 amide bonds. The highest BCUT2D eigenvalue weighted by molar-refractivity contribution is 7.52. The molecule has 5 N–H and O–H groups in total. The van der Waals surface area contributed by atoms with Gasteiger partial charge in [0.2, 0.25) is 17.7 Å². The molecular weight excluding hydrogens is 645 g/mol. The summed E-state index contributed by atoms with van der Waals surface area (Å²) in [5.41, 5.74) is -4.00. The molecule has 0 bridgehead atoms. The Morgan fingerprint density at radius 2 is 1.87 bits per heavy atom. The molecule has 0 spiro atoms. The average Bonchev–Trinajstić information content (AvgIpc) is 3.74. The molecule has 3 atom stereocenters. The van der Waals surface area contributed by atoms with Gasteiger partial charge in [0.05, 0.1) is 16.6 Å². The van der Waals surface area contributed by atoms with Crippen LogP contribution in [0.15, 0.2) is 48.7 Å². The molecule has 0 radical (unpaired) electrons. The van der Waals surface area contributed by atoms with Gasteiger partial charge in [0.15, 0.2) is 0 Å². The maximum Gasteiger partial charge on any atom is 0.399 e. The Hall–Kier alpha value is -4.24. The molecule has 13 nitrogen and oxygen atoms in total. The lowest BCUT2D eigenvalue weighted by Crippen LogP contribution is -2.60. The van der Waals surface area contributed by atoms with Crippen LogP contribution in [0.5, 0.6) is 0 Å². The highest BCUT2D eigenvalue weighted by Gasteiger charge is 2.50. The lowest BCUT2D eigenvalue weighted by Gasteiger charge is -2.38. The SMILES string of the molecule is CC(=O)N1CC[C@H]2CC[C@@H](C(=O)Nc3ccc4[nH]ncc4c3)N2C(=O)[C@@H](NC(=O)c2cc3cc(C(F)(F)P(=O)(O)O)ccc3s2)C1. The number of H-pyrrole nitrogens is 1. The van der Waals surface area contributed by atoms with Crippen molar-refractivity contribution in [1.82, 2.24) is 25.3 Å². The molecule has 46 heavy (non-hydrogen) atoms. The molecular formula is C29H29F2N6O7PS. The van der Waals surface area contributed by atoms with Crippen molar-refractivity contribution in [3.8, 4) is 0 Å². The highest BCUT2D eigenvalue weighted by atomic mass is 32.1. The zero-order valence-corrected chi connectivity index (χ0v) is 26.0. The summed E-state index contributed by atoms with van der Waals surface area (Å²) >= 11 is 0.939. The first-order valence-corrected chi connectivity index (χ1v) is 16.8. The minimum atomic E-state index is -5.80. The van der Waals surface area contributed by atoms with Crippen LogP contribution in [0, 0.1) is 0 Å². The third-order valence-electron chi connectivity index (χ3n) is 8.40. The second-order valence-corrected chi connectivity index (χ2v) is 14.1. The maximum absolute atomic E-state index is 14.3. The number of hydrogen-bond acceptors (Lipinski definition) is 7. The number of nitrogens with zero attached hydrogens (tertiary/aromatic N) is 3. The monoisotopic (exact) mass is 674 g/mol. The zero-order valence-electron chi connectivity index (χ0n) is 24.3. The number of nitrogens with one attached hydrogen (secondary N) is 3. The number of hydrogen-bond donors (Lipinski definition) is 5. The number of anilines is 1. The number of fused-ring (bicyclic) bond motifs is 3. The second-order valence-electron chi connectivity index (χ2n) is 11.4. The van der Waals surface area contributed by atoms with Crippen molar-refractivity contribution in [2.24, 2.45) is 0 Å². The highest BCUT2D eigenvalue weighted by Crippen LogP contribution is 2.59. The normalized spacial score (nSPS) is 20.8. The quantitative estimate of drug-likeness (QED) is 0.193. The molecule has 2 saturated heterocycles. The molecule has 2 fully saturated rings. The summed E-state index contributed by atoms with van der Waals surface area (Å²) in [6, 6.07) is 7.18. The number of aromatic amines is 1. The van der Waals surface area contributed by atoms with E-state index in [9.17, 15) is 32.5 Å². The van der Waals surface area contributed by atoms with Crippen LogP contribution in [0.4, 0.5) is 14.5 Å². The number of carbonyl (C=O) groups excluding carboxylic acids is 4. The van der Waals surface area contributed by atoms with E-state index in [0.29, 0.717) is 36.2 Å². The van der Waals surface area contributed by atoms with Crippen LogP contribution in [-0.4, -0.2) is 84.6 Å². The minimum Gasteiger partial charge on any atom is -0.340 e. The van der Waals surface area contributed by atoms with E-state index in [1.54, 1.807) is 24.4 Å². The van der Waals surface area contributed by atoms with Crippen molar-refractivity contribution >= 4 is 69.2 Å². The smallest absolute Gasteiger partial charge is 0.340 e. The van der Waals surface area contributed by atoms with Crippen LogP contribution >= 0.6 is 18.9 Å². The Morgan fingerprint density at radius 3 is 2.61 bits per heavy atom. The van der Waals surface area contributed by atoms with Crippen molar-refractivity contribution in [2.75, 3.05) is 18.4 Å². The molecule has 6 rings (SSSR count). The fraction of sp³-hybridized carbons (Fsp3) is 0.345. The fourth-order valence-electron chi connectivity index (χ4n) is 6.01. The van der Waals surface area contributed by atoms with Gasteiger partial charge in [-0.25, -0.2) is 0 Å². The van der Waals surface area contributed by atoms with Crippen LogP contribution in [0.3, 0.4) is 0 Å². The van der Waals surface area contributed by atoms with Crippen molar-refractivity contribution < 1.29 is 42.3 Å². The topological polar surface area (TPSA) is 185 Å². The van der Waals surface area contributed by atoms with Crippen molar-refractivity contribution in [3.63, 3.8) is 0 Å². The first-order chi connectivity index (χ1) is 21.7. The predicted molar refractivity (Wildman–Crippen MR) is 164 cm³/mol. The van der Waals surface area contributed by atoms with E-state index in [4.69, 9.17) is 9.79 Å². The van der Waals surface area contributed by atoms with Gasteiger partial charge in [0.1, 0.15) is 12.1 Å². The van der Waals surface area contributed by atoms with Gasteiger partial charge in [0, 0.05) is 47.4 Å². The van der Waals surface area contributed by atoms with Gasteiger partial charge in [-0.1, -0.05) is 6.07 Å². The van der Waals surface area contributed by atoms with Crippen molar-refractivity contribution in [3.05, 3.63) is 59.1 Å². The van der Waals surface area contributed by atoms with Crippen molar-refractivity contribution in [1.29, 1.82) is 0 Å². The fourth-order valence-corrected chi connectivity index (χ4v) is 7.43. The van der Waals surface area contributed by atoms with E-state index in [1.807, 2.05) is 0 Å². The number of rotatable bonds is 6. The Kier molecular flexibility index (Phi) is 8.17. The van der Waals surface area contributed by atoms with E-state index in [1.165, 1.54) is 28.9 Å². The van der Waals surface area contributed by atoms with Gasteiger partial charge < -0.3 is 30.2 Å². The van der Waals surface area contributed by atoms with E-state index in [2.05, 4.69) is 20.8 Å². The molecule has 2 aliphatic heterocycles. The molecule has 2 aromatic heterocycles. The Morgan fingerprint density at radius 1 is 1.09 bits per heavy atom. The average molecular weight is 675 g/mol. The third kappa shape index (κ3) is 5.88. The van der Waals surface area contributed by atoms with Crippen molar-refractivity contribution in [2.45, 2.75) is 50.0 Å². The van der Waals surface area contributed by atoms with Crippen LogP contribution in [0.2, 0.25) is 0 Å². The van der Waals surface area contributed by atoms with Crippen LogP contribution in [-0.2, 0) is 24.6 Å². The predicted octanol–water partition coefficient (Wildman–Crippen LogP) is 3.35. The van der Waals surface area contributed by atoms with Gasteiger partial charge in [0.25, 0.3) is 5.91 Å². The first-order valence-electron chi connectivity index (χ1n) is 14.3. The summed E-state index contributed by atoms with van der Waals surface area (Å²) in [6.07, 6.45) is 2.98. The zero-order chi connectivity index (χ0) is 33.0. The number of carbonyl (C=O) groups is 4. The van der Waals surface area contributed by atoms with Gasteiger partial charge in [-0.2, -0.15) is 13.9 Å². The van der Waals surface area contributed by atoms with Gasteiger partial charge in [-0.3, -0.25) is 28.8 Å². The molecule has 0 aliphatic carbocycles.